The SMILES string of the molecule is C=CCC(C/C=C\c1ccccc1)(C(=O)C(CC)Cc1ccc(C)cc1)P(=O)(OCC)OCC. The number of rotatable bonds is 15. The van der Waals surface area contributed by atoms with Crippen molar-refractivity contribution in [3.63, 3.8) is 0 Å². The largest absolute Gasteiger partial charge is 0.344 e. The Morgan fingerprint density at radius 1 is 1.00 bits per heavy atom. The van der Waals surface area contributed by atoms with Gasteiger partial charge < -0.3 is 9.05 Å². The molecule has 34 heavy (non-hydrogen) atoms. The molecule has 0 saturated carbocycles. The third-order valence-corrected chi connectivity index (χ3v) is 8.92. The van der Waals surface area contributed by atoms with Gasteiger partial charge in [0.2, 0.25) is 0 Å². The maximum absolute atomic E-state index is 14.3. The predicted octanol–water partition coefficient (Wildman–Crippen LogP) is 7.82. The van der Waals surface area contributed by atoms with E-state index in [0.717, 1.165) is 11.1 Å². The summed E-state index contributed by atoms with van der Waals surface area (Å²) in [7, 11) is -3.81. The summed E-state index contributed by atoms with van der Waals surface area (Å²) in [6.07, 6.45) is 7.20. The Morgan fingerprint density at radius 2 is 1.62 bits per heavy atom. The Balaban J connectivity index is 2.53. The second kappa shape index (κ2) is 13.6. The van der Waals surface area contributed by atoms with Crippen molar-refractivity contribution in [3.8, 4) is 0 Å². The van der Waals surface area contributed by atoms with Crippen molar-refractivity contribution in [3.05, 3.63) is 90.0 Å². The molecule has 0 aliphatic carbocycles. The first-order valence-corrected chi connectivity index (χ1v) is 13.7. The summed E-state index contributed by atoms with van der Waals surface area (Å²) in [5.74, 6) is -0.402. The first-order valence-electron chi connectivity index (χ1n) is 12.2. The number of Topliss-reactive ketones (excluding diaryl/α,β-unsaturated/α-hetero) is 1. The molecule has 2 rings (SSSR count). The third kappa shape index (κ3) is 6.88. The van der Waals surface area contributed by atoms with E-state index < -0.39 is 12.8 Å². The molecule has 0 saturated heterocycles. The number of hydrogen-bond donors (Lipinski definition) is 0. The molecule has 4 nitrogen and oxygen atoms in total. The quantitative estimate of drug-likeness (QED) is 0.192. The molecule has 2 aromatic rings. The van der Waals surface area contributed by atoms with E-state index in [2.05, 4.69) is 30.8 Å². The van der Waals surface area contributed by atoms with Gasteiger partial charge in [-0.2, -0.15) is 0 Å². The topological polar surface area (TPSA) is 52.6 Å². The highest BCUT2D eigenvalue weighted by Gasteiger charge is 2.56. The van der Waals surface area contributed by atoms with Crippen LogP contribution < -0.4 is 0 Å². The number of benzene rings is 2. The van der Waals surface area contributed by atoms with Crippen molar-refractivity contribution in [2.24, 2.45) is 5.92 Å². The molecule has 2 unspecified atom stereocenters. The monoisotopic (exact) mass is 482 g/mol. The summed E-state index contributed by atoms with van der Waals surface area (Å²) < 4.78 is 25.9. The van der Waals surface area contributed by atoms with Crippen molar-refractivity contribution in [1.29, 1.82) is 0 Å². The van der Waals surface area contributed by atoms with Crippen molar-refractivity contribution in [2.45, 2.75) is 58.5 Å². The molecule has 0 bridgehead atoms. The average molecular weight is 483 g/mol. The zero-order chi connectivity index (χ0) is 25.0. The lowest BCUT2D eigenvalue weighted by atomic mass is 9.82. The number of ketones is 1. The fraction of sp³-hybridized carbons (Fsp3) is 0.414. The van der Waals surface area contributed by atoms with Crippen molar-refractivity contribution in [1.82, 2.24) is 0 Å². The van der Waals surface area contributed by atoms with Gasteiger partial charge >= 0.3 is 7.60 Å². The smallest absolute Gasteiger partial charge is 0.308 e. The molecule has 2 atom stereocenters. The Labute approximate surface area is 205 Å². The van der Waals surface area contributed by atoms with Gasteiger partial charge in [-0.05, 0) is 57.6 Å². The van der Waals surface area contributed by atoms with Gasteiger partial charge in [0.25, 0.3) is 0 Å². The molecule has 2 aromatic carbocycles. The first kappa shape index (κ1) is 28.0. The van der Waals surface area contributed by atoms with Crippen LogP contribution in [0.2, 0.25) is 0 Å². The lowest BCUT2D eigenvalue weighted by Crippen LogP contribution is -2.43. The maximum Gasteiger partial charge on any atom is 0.344 e. The van der Waals surface area contributed by atoms with Gasteiger partial charge in [0, 0.05) is 5.92 Å². The zero-order valence-electron chi connectivity index (χ0n) is 21.0. The lowest BCUT2D eigenvalue weighted by molar-refractivity contribution is -0.126. The molecule has 0 fully saturated rings. The van der Waals surface area contributed by atoms with Gasteiger partial charge in [0.1, 0.15) is 5.16 Å². The van der Waals surface area contributed by atoms with Crippen LogP contribution in [0.4, 0.5) is 0 Å². The molecule has 184 valence electrons. The molecule has 0 radical (unpaired) electrons. The second-order valence-corrected chi connectivity index (χ2v) is 10.9. The molecule has 0 heterocycles. The minimum atomic E-state index is -3.81. The van der Waals surface area contributed by atoms with E-state index in [1.54, 1.807) is 19.9 Å². The van der Waals surface area contributed by atoms with E-state index in [4.69, 9.17) is 9.05 Å². The molecule has 0 spiro atoms. The molecular weight excluding hydrogens is 443 g/mol. The minimum absolute atomic E-state index is 0.0848. The summed E-state index contributed by atoms with van der Waals surface area (Å²) >= 11 is 0. The minimum Gasteiger partial charge on any atom is -0.308 e. The van der Waals surface area contributed by atoms with E-state index in [1.165, 1.54) is 5.56 Å². The number of allylic oxidation sites excluding steroid dienone is 2. The van der Waals surface area contributed by atoms with Gasteiger partial charge in [0.15, 0.2) is 5.78 Å². The molecular formula is C29H39O4P. The van der Waals surface area contributed by atoms with Crippen LogP contribution in [0.15, 0.2) is 73.3 Å². The first-order chi connectivity index (χ1) is 16.4. The van der Waals surface area contributed by atoms with E-state index >= 15 is 0 Å². The molecule has 5 heteroatoms. The Morgan fingerprint density at radius 3 is 2.15 bits per heavy atom. The van der Waals surface area contributed by atoms with Crippen LogP contribution in [0.3, 0.4) is 0 Å². The van der Waals surface area contributed by atoms with Gasteiger partial charge in [0.05, 0.1) is 13.2 Å². The molecule has 0 amide bonds. The van der Waals surface area contributed by atoms with Crippen LogP contribution in [-0.2, 0) is 24.8 Å². The zero-order valence-corrected chi connectivity index (χ0v) is 21.9. The fourth-order valence-corrected chi connectivity index (χ4v) is 6.65. The number of aryl methyl sites for hydroxylation is 1. The molecule has 0 aromatic heterocycles. The highest BCUT2D eigenvalue weighted by molar-refractivity contribution is 7.56. The normalized spacial score (nSPS) is 14.6. The van der Waals surface area contributed by atoms with Crippen LogP contribution in [0.1, 0.15) is 56.7 Å². The molecule has 0 aliphatic heterocycles. The summed E-state index contributed by atoms with van der Waals surface area (Å²) in [4.78, 5) is 14.3. The average Bonchev–Trinajstić information content (AvgIpc) is 2.83. The molecule has 0 aliphatic rings. The van der Waals surface area contributed by atoms with Crippen LogP contribution in [0, 0.1) is 12.8 Å². The van der Waals surface area contributed by atoms with E-state index in [1.807, 2.05) is 56.3 Å². The van der Waals surface area contributed by atoms with E-state index in [9.17, 15) is 9.36 Å². The number of carbonyl (C=O) groups is 1. The van der Waals surface area contributed by atoms with Crippen LogP contribution in [0.25, 0.3) is 6.08 Å². The standard InChI is InChI=1S/C29H39O4P/c1-6-21-29(34(31,32-8-3)33-9-4,22-13-16-25-14-11-10-12-15-25)28(30)27(7-2)23-26-19-17-24(5)18-20-26/h6,10-20,27H,1,7-9,21-23H2,2-5H3/b16-13-. The van der Waals surface area contributed by atoms with Gasteiger partial charge in [-0.3, -0.25) is 9.36 Å². The van der Waals surface area contributed by atoms with Crippen LogP contribution in [0.5, 0.6) is 0 Å². The summed E-state index contributed by atoms with van der Waals surface area (Å²) in [6, 6.07) is 18.1. The number of hydrogen-bond acceptors (Lipinski definition) is 4. The summed E-state index contributed by atoms with van der Waals surface area (Å²) in [5, 5.41) is -1.34. The highest BCUT2D eigenvalue weighted by Crippen LogP contribution is 2.64. The number of carbonyl (C=O) groups excluding carboxylic acids is 1. The Kier molecular flexibility index (Phi) is 11.2. The van der Waals surface area contributed by atoms with Gasteiger partial charge in [-0.15, -0.1) is 6.58 Å². The highest BCUT2D eigenvalue weighted by atomic mass is 31.2. The van der Waals surface area contributed by atoms with Gasteiger partial charge in [-0.25, -0.2) is 0 Å². The van der Waals surface area contributed by atoms with Crippen molar-refractivity contribution in [2.75, 3.05) is 13.2 Å². The van der Waals surface area contributed by atoms with E-state index in [0.29, 0.717) is 12.8 Å². The van der Waals surface area contributed by atoms with Gasteiger partial charge in [-0.1, -0.05) is 85.3 Å². The summed E-state index contributed by atoms with van der Waals surface area (Å²) in [5.41, 5.74) is 3.27. The maximum atomic E-state index is 14.3. The lowest BCUT2D eigenvalue weighted by Gasteiger charge is -2.38. The second-order valence-electron chi connectivity index (χ2n) is 8.53. The van der Waals surface area contributed by atoms with E-state index in [-0.39, 0.29) is 37.8 Å². The van der Waals surface area contributed by atoms with Crippen LogP contribution >= 0.6 is 7.60 Å². The third-order valence-electron chi connectivity index (χ3n) is 6.09. The van der Waals surface area contributed by atoms with Crippen molar-refractivity contribution < 1.29 is 18.4 Å². The van der Waals surface area contributed by atoms with Crippen LogP contribution in [-0.4, -0.2) is 24.2 Å². The van der Waals surface area contributed by atoms with Crippen molar-refractivity contribution >= 4 is 19.5 Å². The summed E-state index contributed by atoms with van der Waals surface area (Å²) in [6.45, 7) is 11.9. The Hall–Kier alpha value is -2.26. The molecule has 0 N–H and O–H groups in total. The fourth-order valence-electron chi connectivity index (χ4n) is 4.27. The predicted molar refractivity (Wildman–Crippen MR) is 142 cm³/mol. The Bertz CT molecular complexity index is 971.